The molecule has 1 heterocycles. The third kappa shape index (κ3) is 9.57. The molecule has 1 unspecified atom stereocenters. The van der Waals surface area contributed by atoms with Gasteiger partial charge in [0.1, 0.15) is 29.7 Å². The fraction of sp³-hybridized carbons (Fsp3) is 0.514. The van der Waals surface area contributed by atoms with Gasteiger partial charge in [-0.2, -0.15) is 17.5 Å². The van der Waals surface area contributed by atoms with Gasteiger partial charge in [0.25, 0.3) is 0 Å². The molecule has 5 atom stereocenters. The predicted octanol–water partition coefficient (Wildman–Crippen LogP) is 2.35. The van der Waals surface area contributed by atoms with E-state index in [1.54, 1.807) is 12.4 Å². The summed E-state index contributed by atoms with van der Waals surface area (Å²) in [4.78, 5) is 15.0. The van der Waals surface area contributed by atoms with Crippen molar-refractivity contribution in [2.75, 3.05) is 20.2 Å². The zero-order valence-electron chi connectivity index (χ0n) is 30.4. The topological polar surface area (TPSA) is 228 Å². The molecule has 0 saturated heterocycles. The number of ether oxygens (including phenoxy) is 1. The zero-order chi connectivity index (χ0) is 40.3. The quantitative estimate of drug-likeness (QED) is 0.0879. The van der Waals surface area contributed by atoms with Gasteiger partial charge >= 0.3 is 12.2 Å². The summed E-state index contributed by atoms with van der Waals surface area (Å²) in [5, 5.41) is 57.7. The first kappa shape index (κ1) is 42.3. The van der Waals surface area contributed by atoms with E-state index in [2.05, 4.69) is 15.6 Å². The summed E-state index contributed by atoms with van der Waals surface area (Å²) in [5.74, 6) is 0.701. The van der Waals surface area contributed by atoms with E-state index in [0.717, 1.165) is 46.0 Å². The fourth-order valence-electron chi connectivity index (χ4n) is 6.58. The lowest BCUT2D eigenvalue weighted by molar-refractivity contribution is -0.188. The lowest BCUT2D eigenvalue weighted by Crippen LogP contribution is -2.60. The summed E-state index contributed by atoms with van der Waals surface area (Å²) in [6.07, 6.45) is -4.95. The number of para-hydroxylation sites is 1. The number of pyridine rings is 1. The number of aromatic nitrogens is 1. The zero-order valence-corrected chi connectivity index (χ0v) is 31.2. The molecule has 2 fully saturated rings. The summed E-state index contributed by atoms with van der Waals surface area (Å²) >= 11 is 0. The first-order valence-corrected chi connectivity index (χ1v) is 19.3. The van der Waals surface area contributed by atoms with Crippen LogP contribution in [0.25, 0.3) is 11.1 Å². The molecular weight excluding hydrogens is 747 g/mol. The number of primary amides is 1. The van der Waals surface area contributed by atoms with E-state index in [-0.39, 0.29) is 24.6 Å². The Balaban J connectivity index is 1.39. The van der Waals surface area contributed by atoms with E-state index in [4.69, 9.17) is 10.5 Å². The van der Waals surface area contributed by atoms with Gasteiger partial charge in [-0.15, -0.1) is 0 Å². The molecule has 302 valence electrons. The van der Waals surface area contributed by atoms with Gasteiger partial charge in [-0.1, -0.05) is 18.2 Å². The number of hydrogen-bond acceptors (Lipinski definition) is 11. The highest BCUT2D eigenvalue weighted by Gasteiger charge is 2.48. The molecule has 5 rings (SSSR count). The molecule has 1 aromatic heterocycles. The summed E-state index contributed by atoms with van der Waals surface area (Å²) in [7, 11) is -3.33. The van der Waals surface area contributed by atoms with Crippen molar-refractivity contribution in [3.8, 4) is 16.9 Å². The number of amides is 2. The number of sulfonamides is 1. The Morgan fingerprint density at radius 1 is 1.11 bits per heavy atom. The highest BCUT2D eigenvalue weighted by molar-refractivity contribution is 7.89. The molecule has 2 aliphatic carbocycles. The Labute approximate surface area is 317 Å². The monoisotopic (exact) mass is 795 g/mol. The number of carbonyl (C=O) groups excluding carboxylic acids is 1. The number of nitrogens with zero attached hydrogens (tertiary/aromatic N) is 2. The molecule has 0 aliphatic heterocycles. The van der Waals surface area contributed by atoms with Crippen LogP contribution < -0.4 is 21.1 Å². The van der Waals surface area contributed by atoms with E-state index < -0.39 is 87.8 Å². The smallest absolute Gasteiger partial charge is 0.416 e. The van der Waals surface area contributed by atoms with Gasteiger partial charge in [0, 0.05) is 49.7 Å². The Morgan fingerprint density at radius 3 is 2.42 bits per heavy atom. The van der Waals surface area contributed by atoms with Crippen LogP contribution in [0.5, 0.6) is 5.75 Å². The molecule has 18 heteroatoms. The Hall–Kier alpha value is -3.88. The van der Waals surface area contributed by atoms with Crippen molar-refractivity contribution < 1.29 is 56.7 Å². The van der Waals surface area contributed by atoms with Crippen molar-refractivity contribution >= 4 is 16.1 Å². The molecule has 2 amide bonds. The third-order valence-corrected chi connectivity index (χ3v) is 12.5. The molecule has 3 aromatic rings. The summed E-state index contributed by atoms with van der Waals surface area (Å²) < 4.78 is 77.3. The maximum Gasteiger partial charge on any atom is 0.416 e. The summed E-state index contributed by atoms with van der Waals surface area (Å²) in [5.41, 5.74) is 2.96. The molecule has 2 aromatic carbocycles. The Bertz CT molecular complexity index is 1930. The highest BCUT2D eigenvalue weighted by Crippen LogP contribution is 2.50. The van der Waals surface area contributed by atoms with Crippen molar-refractivity contribution in [3.63, 3.8) is 0 Å². The minimum atomic E-state index is -4.77. The third-order valence-electron chi connectivity index (χ3n) is 10.4. The van der Waals surface area contributed by atoms with Gasteiger partial charge in [0.05, 0.1) is 23.2 Å². The largest absolute Gasteiger partial charge is 0.490 e. The summed E-state index contributed by atoms with van der Waals surface area (Å²) in [6.45, 7) is -0.481. The lowest BCUT2D eigenvalue weighted by atomic mass is 9.82. The van der Waals surface area contributed by atoms with Crippen LogP contribution in [0.1, 0.15) is 62.1 Å². The summed E-state index contributed by atoms with van der Waals surface area (Å²) in [6, 6.07) is 9.77. The van der Waals surface area contributed by atoms with Crippen molar-refractivity contribution in [1.82, 2.24) is 19.9 Å². The second-order valence-corrected chi connectivity index (χ2v) is 16.3. The molecular formula is C37H48F3N5O9S. The molecule has 9 N–H and O–H groups in total. The van der Waals surface area contributed by atoms with Gasteiger partial charge in [-0.25, -0.2) is 13.2 Å². The van der Waals surface area contributed by atoms with Crippen LogP contribution in [0.3, 0.4) is 0 Å². The van der Waals surface area contributed by atoms with Gasteiger partial charge in [-0.3, -0.25) is 4.98 Å². The van der Waals surface area contributed by atoms with Gasteiger partial charge in [0.15, 0.2) is 0 Å². The number of benzene rings is 2. The molecule has 0 radical (unpaired) electrons. The van der Waals surface area contributed by atoms with E-state index in [1.165, 1.54) is 14.0 Å². The number of carbonyl (C=O) groups is 1. The van der Waals surface area contributed by atoms with Crippen LogP contribution in [0, 0.1) is 0 Å². The number of aliphatic hydroxyl groups is 5. The van der Waals surface area contributed by atoms with Crippen LogP contribution >= 0.6 is 0 Å². The molecule has 2 aliphatic rings. The van der Waals surface area contributed by atoms with Crippen molar-refractivity contribution in [2.45, 2.75) is 105 Å². The molecule has 55 heavy (non-hydrogen) atoms. The first-order chi connectivity index (χ1) is 25.8. The number of aliphatic hydroxyl groups excluding tert-OH is 4. The van der Waals surface area contributed by atoms with Crippen molar-refractivity contribution in [2.24, 2.45) is 5.73 Å². The van der Waals surface area contributed by atoms with E-state index in [0.29, 0.717) is 24.7 Å². The normalized spacial score (nSPS) is 18.9. The van der Waals surface area contributed by atoms with Gasteiger partial charge < -0.3 is 46.6 Å². The maximum absolute atomic E-state index is 14.1. The molecule has 2 saturated carbocycles. The van der Waals surface area contributed by atoms with Crippen LogP contribution in [-0.4, -0.2) is 106 Å². The van der Waals surface area contributed by atoms with Gasteiger partial charge in [0.2, 0.25) is 10.0 Å². The lowest BCUT2D eigenvalue weighted by Gasteiger charge is -2.39. The van der Waals surface area contributed by atoms with Gasteiger partial charge in [-0.05, 0) is 92.5 Å². The Kier molecular flexibility index (Phi) is 12.8. The molecule has 0 spiro atoms. The highest BCUT2D eigenvalue weighted by atomic mass is 32.2. The molecule has 0 bridgehead atoms. The van der Waals surface area contributed by atoms with Crippen molar-refractivity contribution in [1.29, 1.82) is 0 Å². The van der Waals surface area contributed by atoms with Crippen molar-refractivity contribution in [3.05, 3.63) is 77.6 Å². The number of nitrogens with one attached hydrogen (secondary N) is 2. The standard InChI is InChI=1S/C37H48F3N5O9S/c1-22(11-13-36(51,32(48)21-46)33(49)29(47)20-43-34(41)50)45(2)55(52,53)31-10-7-24(37(38,39)40)17-23(31)18-44-35(14-15-35)28-19-42-16-12-26(28)27-5-3-4-6-30(27)54-25-8-9-25/h3-7,10,12,16-17,19,22,25,29,32-33,44,46-49,51H,8-9,11,13-15,18,20-21H2,1-2H3,(H3,41,43,50)/t22?,29-,32+,33+,36+/m0/s1. The molecule has 14 nitrogen and oxygen atoms in total. The van der Waals surface area contributed by atoms with Crippen LogP contribution in [-0.2, 0) is 28.3 Å². The number of rotatable bonds is 19. The van der Waals surface area contributed by atoms with E-state index in [9.17, 15) is 51.9 Å². The number of halogens is 3. The van der Waals surface area contributed by atoms with Crippen LogP contribution in [0.2, 0.25) is 0 Å². The minimum absolute atomic E-state index is 0.136. The Morgan fingerprint density at radius 2 is 1.80 bits per heavy atom. The maximum atomic E-state index is 14.1. The predicted molar refractivity (Wildman–Crippen MR) is 194 cm³/mol. The van der Waals surface area contributed by atoms with E-state index >= 15 is 0 Å². The fourth-order valence-corrected chi connectivity index (χ4v) is 8.17. The SMILES string of the molecule is CC(CC[C@@](O)([C@H](O)CO)[C@H](O)[C@@H](O)CNC(N)=O)N(C)S(=O)(=O)c1ccc(C(F)(F)F)cc1CNC1(c2cnccc2-c2ccccc2OC2CC2)CC1. The second-order valence-electron chi connectivity index (χ2n) is 14.3. The average Bonchev–Trinajstić information content (AvgIpc) is 4.11. The number of alkyl halides is 3. The van der Waals surface area contributed by atoms with Crippen LogP contribution in [0.4, 0.5) is 18.0 Å². The first-order valence-electron chi connectivity index (χ1n) is 17.9. The second kappa shape index (κ2) is 16.7. The van der Waals surface area contributed by atoms with E-state index in [1.807, 2.05) is 30.3 Å². The average molecular weight is 796 g/mol. The number of nitrogens with two attached hydrogens (primary N) is 1. The number of urea groups is 1. The minimum Gasteiger partial charge on any atom is -0.490 e. The van der Waals surface area contributed by atoms with Crippen LogP contribution in [0.15, 0.2) is 65.8 Å². The number of hydrogen-bond donors (Lipinski definition) is 8.